The summed E-state index contributed by atoms with van der Waals surface area (Å²) in [6.07, 6.45) is -0.0298. The highest BCUT2D eigenvalue weighted by Crippen LogP contribution is 2.15. The summed E-state index contributed by atoms with van der Waals surface area (Å²) in [6.45, 7) is 0. The predicted molar refractivity (Wildman–Crippen MR) is 81.9 cm³/mol. The number of carbonyl (C=O) groups is 1. The fourth-order valence-corrected chi connectivity index (χ4v) is 2.27. The molecule has 0 atom stereocenters. The van der Waals surface area contributed by atoms with Crippen LogP contribution < -0.4 is 5.56 Å². The molecule has 0 fully saturated rings. The molecule has 3 rings (SSSR count). The second-order valence-electron chi connectivity index (χ2n) is 4.64. The summed E-state index contributed by atoms with van der Waals surface area (Å²) < 4.78 is 0. The zero-order valence-corrected chi connectivity index (χ0v) is 11.7. The molecule has 0 saturated carbocycles. The summed E-state index contributed by atoms with van der Waals surface area (Å²) in [5.41, 5.74) is 1.57. The Labute approximate surface area is 125 Å². The molecule has 0 aliphatic heterocycles. The third kappa shape index (κ3) is 2.85. The van der Waals surface area contributed by atoms with E-state index in [4.69, 9.17) is 11.6 Å². The lowest BCUT2D eigenvalue weighted by Gasteiger charge is -2.03. The molecule has 104 valence electrons. The summed E-state index contributed by atoms with van der Waals surface area (Å²) in [6, 6.07) is 13.9. The minimum Gasteiger partial charge on any atom is -0.319 e. The molecule has 4 nitrogen and oxygen atoms in total. The molecule has 0 amide bonds. The molecular weight excluding hydrogens is 288 g/mol. The summed E-state index contributed by atoms with van der Waals surface area (Å²) in [4.78, 5) is 31.1. The molecule has 0 bridgehead atoms. The molecule has 0 unspecified atom stereocenters. The van der Waals surface area contributed by atoms with E-state index in [0.717, 1.165) is 0 Å². The van der Waals surface area contributed by atoms with E-state index in [0.29, 0.717) is 21.6 Å². The second kappa shape index (κ2) is 5.50. The smallest absolute Gasteiger partial charge is 0.270 e. The fourth-order valence-electron chi connectivity index (χ4n) is 2.09. The van der Waals surface area contributed by atoms with E-state index in [-0.39, 0.29) is 23.5 Å². The van der Waals surface area contributed by atoms with Gasteiger partial charge in [-0.2, -0.15) is 0 Å². The molecule has 0 saturated heterocycles. The van der Waals surface area contributed by atoms with Crippen LogP contribution in [0.15, 0.2) is 53.3 Å². The zero-order valence-electron chi connectivity index (χ0n) is 11.0. The first-order valence-corrected chi connectivity index (χ1v) is 6.78. The molecule has 21 heavy (non-hydrogen) atoms. The molecule has 1 aromatic heterocycles. The van der Waals surface area contributed by atoms with Crippen LogP contribution in [0.2, 0.25) is 5.02 Å². The first-order chi connectivity index (χ1) is 10.1. The molecule has 1 N–H and O–H groups in total. The Hall–Kier alpha value is -2.46. The van der Waals surface area contributed by atoms with Gasteiger partial charge < -0.3 is 4.98 Å². The normalized spacial score (nSPS) is 10.7. The molecule has 0 aliphatic rings. The van der Waals surface area contributed by atoms with E-state index in [1.807, 2.05) is 6.07 Å². The van der Waals surface area contributed by atoms with Crippen LogP contribution >= 0.6 is 11.6 Å². The number of nitrogens with one attached hydrogen (secondary N) is 1. The lowest BCUT2D eigenvalue weighted by Crippen LogP contribution is -2.18. The van der Waals surface area contributed by atoms with Crippen LogP contribution in [0.1, 0.15) is 16.1 Å². The second-order valence-corrected chi connectivity index (χ2v) is 5.08. The Morgan fingerprint density at radius 3 is 2.67 bits per heavy atom. The van der Waals surface area contributed by atoms with Gasteiger partial charge in [0.25, 0.3) is 5.56 Å². The minimum atomic E-state index is -0.367. The van der Waals surface area contributed by atoms with Crippen molar-refractivity contribution in [2.45, 2.75) is 6.42 Å². The van der Waals surface area contributed by atoms with Gasteiger partial charge in [0.05, 0.1) is 17.5 Å². The number of hydrogen-bond acceptors (Lipinski definition) is 3. The number of rotatable bonds is 3. The van der Waals surface area contributed by atoms with E-state index in [1.165, 1.54) is 0 Å². The Kier molecular flexibility index (Phi) is 3.54. The van der Waals surface area contributed by atoms with Crippen LogP contribution in [0.25, 0.3) is 11.0 Å². The summed E-state index contributed by atoms with van der Waals surface area (Å²) in [7, 11) is 0. The number of fused-ring (bicyclic) bond motifs is 1. The number of aromatic amines is 1. The Balaban J connectivity index is 1.98. The highest BCUT2D eigenvalue weighted by atomic mass is 35.5. The third-order valence-corrected chi connectivity index (χ3v) is 3.38. The first-order valence-electron chi connectivity index (χ1n) is 6.40. The van der Waals surface area contributed by atoms with E-state index in [9.17, 15) is 9.59 Å². The standard InChI is InChI=1S/C16H11ClN2O2/c17-11-6-7-12-13(8-11)19-16(21)14(18-12)9-15(20)10-4-2-1-3-5-10/h1-8H,9H2,(H,19,21). The van der Waals surface area contributed by atoms with Crippen LogP contribution in [0.5, 0.6) is 0 Å². The summed E-state index contributed by atoms with van der Waals surface area (Å²) in [5.74, 6) is -0.137. The highest BCUT2D eigenvalue weighted by Gasteiger charge is 2.12. The van der Waals surface area contributed by atoms with Gasteiger partial charge in [-0.1, -0.05) is 41.9 Å². The van der Waals surface area contributed by atoms with Crippen molar-refractivity contribution in [2.24, 2.45) is 0 Å². The molecule has 5 heteroatoms. The summed E-state index contributed by atoms with van der Waals surface area (Å²) >= 11 is 5.87. The van der Waals surface area contributed by atoms with E-state index in [1.54, 1.807) is 42.5 Å². The third-order valence-electron chi connectivity index (χ3n) is 3.15. The van der Waals surface area contributed by atoms with Gasteiger partial charge in [-0.05, 0) is 18.2 Å². The van der Waals surface area contributed by atoms with Crippen LogP contribution in [-0.2, 0) is 6.42 Å². The summed E-state index contributed by atoms with van der Waals surface area (Å²) in [5, 5.41) is 0.521. The van der Waals surface area contributed by atoms with Gasteiger partial charge in [0.1, 0.15) is 5.69 Å². The number of nitrogens with zero attached hydrogens (tertiary/aromatic N) is 1. The highest BCUT2D eigenvalue weighted by molar-refractivity contribution is 6.31. The lowest BCUT2D eigenvalue weighted by atomic mass is 10.1. The number of carbonyl (C=O) groups excluding carboxylic acids is 1. The van der Waals surface area contributed by atoms with Gasteiger partial charge in [0, 0.05) is 10.6 Å². The zero-order chi connectivity index (χ0) is 14.8. The van der Waals surface area contributed by atoms with E-state index < -0.39 is 0 Å². The van der Waals surface area contributed by atoms with Crippen molar-refractivity contribution in [3.63, 3.8) is 0 Å². The van der Waals surface area contributed by atoms with Gasteiger partial charge in [-0.15, -0.1) is 0 Å². The number of benzene rings is 2. The minimum absolute atomic E-state index is 0.0298. The maximum Gasteiger partial charge on any atom is 0.270 e. The van der Waals surface area contributed by atoms with Crippen molar-refractivity contribution in [1.82, 2.24) is 9.97 Å². The largest absolute Gasteiger partial charge is 0.319 e. The van der Waals surface area contributed by atoms with Gasteiger partial charge >= 0.3 is 0 Å². The maximum absolute atomic E-state index is 12.1. The lowest BCUT2D eigenvalue weighted by molar-refractivity contribution is 0.0991. The Morgan fingerprint density at radius 1 is 1.14 bits per heavy atom. The maximum atomic E-state index is 12.1. The number of Topliss-reactive ketones (excluding diaryl/α,β-unsaturated/α-hetero) is 1. The molecule has 0 spiro atoms. The first kappa shape index (κ1) is 13.5. The Morgan fingerprint density at radius 2 is 1.90 bits per heavy atom. The van der Waals surface area contributed by atoms with Crippen molar-refractivity contribution in [1.29, 1.82) is 0 Å². The van der Waals surface area contributed by atoms with Crippen LogP contribution in [-0.4, -0.2) is 15.8 Å². The SMILES string of the molecule is O=C(Cc1nc2ccc(Cl)cc2[nH]c1=O)c1ccccc1. The molecule has 0 radical (unpaired) electrons. The van der Waals surface area contributed by atoms with Crippen LogP contribution in [0, 0.1) is 0 Å². The molecule has 2 aromatic carbocycles. The van der Waals surface area contributed by atoms with Gasteiger partial charge in [0.15, 0.2) is 5.78 Å². The molecular formula is C16H11ClN2O2. The Bertz CT molecular complexity index is 872. The van der Waals surface area contributed by atoms with Crippen molar-refractivity contribution < 1.29 is 4.79 Å². The van der Waals surface area contributed by atoms with E-state index in [2.05, 4.69) is 9.97 Å². The fraction of sp³-hybridized carbons (Fsp3) is 0.0625. The van der Waals surface area contributed by atoms with Gasteiger partial charge in [0.2, 0.25) is 0 Å². The predicted octanol–water partition coefficient (Wildman–Crippen LogP) is 3.00. The molecule has 0 aliphatic carbocycles. The number of hydrogen-bond donors (Lipinski definition) is 1. The van der Waals surface area contributed by atoms with Crippen molar-refractivity contribution in [3.05, 3.63) is 75.2 Å². The monoisotopic (exact) mass is 298 g/mol. The quantitative estimate of drug-likeness (QED) is 0.756. The number of aromatic nitrogens is 2. The molecule has 3 aromatic rings. The molecule has 1 heterocycles. The average Bonchev–Trinajstić information content (AvgIpc) is 2.49. The van der Waals surface area contributed by atoms with E-state index >= 15 is 0 Å². The van der Waals surface area contributed by atoms with Crippen molar-refractivity contribution >= 4 is 28.4 Å². The van der Waals surface area contributed by atoms with Crippen LogP contribution in [0.3, 0.4) is 0 Å². The average molecular weight is 299 g/mol. The number of halogens is 1. The topological polar surface area (TPSA) is 62.8 Å². The van der Waals surface area contributed by atoms with Crippen molar-refractivity contribution in [3.8, 4) is 0 Å². The van der Waals surface area contributed by atoms with Gasteiger partial charge in [-0.25, -0.2) is 4.98 Å². The number of ketones is 1. The van der Waals surface area contributed by atoms with Crippen LogP contribution in [0.4, 0.5) is 0 Å². The van der Waals surface area contributed by atoms with Gasteiger partial charge in [-0.3, -0.25) is 9.59 Å². The number of H-pyrrole nitrogens is 1. The van der Waals surface area contributed by atoms with Crippen molar-refractivity contribution in [2.75, 3.05) is 0 Å².